The number of hydrogen-bond acceptors (Lipinski definition) is 6. The van der Waals surface area contributed by atoms with Crippen LogP contribution in [0.4, 0.5) is 13.2 Å². The quantitative estimate of drug-likeness (QED) is 0.595. The molecule has 0 aliphatic heterocycles. The van der Waals surface area contributed by atoms with E-state index in [1.807, 2.05) is 0 Å². The Hall–Kier alpha value is -2.79. The smallest absolute Gasteiger partial charge is 0.497 e. The van der Waals surface area contributed by atoms with Gasteiger partial charge in [-0.25, -0.2) is 8.42 Å². The maximum atomic E-state index is 12.6. The van der Waals surface area contributed by atoms with E-state index in [0.29, 0.717) is 11.3 Å². The number of alkyl halides is 3. The fraction of sp³-hybridized carbons (Fsp3) is 0.316. The Bertz CT molecular complexity index is 944. The predicted molar refractivity (Wildman–Crippen MR) is 101 cm³/mol. The van der Waals surface area contributed by atoms with Crippen molar-refractivity contribution in [2.45, 2.75) is 30.6 Å². The Morgan fingerprint density at radius 3 is 2.10 bits per heavy atom. The molecule has 0 saturated carbocycles. The summed E-state index contributed by atoms with van der Waals surface area (Å²) in [6.07, 6.45) is -4.90. The summed E-state index contributed by atoms with van der Waals surface area (Å²) < 4.78 is 78.0. The fourth-order valence-corrected chi connectivity index (χ4v) is 3.67. The molecule has 7 nitrogen and oxygen atoms in total. The van der Waals surface area contributed by atoms with Crippen molar-refractivity contribution < 1.29 is 40.6 Å². The van der Waals surface area contributed by atoms with Gasteiger partial charge >= 0.3 is 12.3 Å². The van der Waals surface area contributed by atoms with Gasteiger partial charge in [-0.3, -0.25) is 4.79 Å². The Kier molecular flexibility index (Phi) is 7.68. The van der Waals surface area contributed by atoms with Gasteiger partial charge in [0.2, 0.25) is 10.0 Å². The molecule has 164 valence electrons. The lowest BCUT2D eigenvalue weighted by Crippen LogP contribution is -2.43. The molecule has 2 rings (SSSR count). The van der Waals surface area contributed by atoms with E-state index in [0.717, 1.165) is 24.3 Å². The van der Waals surface area contributed by atoms with Crippen molar-refractivity contribution in [3.05, 3.63) is 54.1 Å². The zero-order valence-electron chi connectivity index (χ0n) is 16.1. The summed E-state index contributed by atoms with van der Waals surface area (Å²) in [7, 11) is -2.73. The number of hydrogen-bond donors (Lipinski definition) is 1. The molecule has 0 fully saturated rings. The van der Waals surface area contributed by atoms with Crippen molar-refractivity contribution in [2.75, 3.05) is 13.7 Å². The summed E-state index contributed by atoms with van der Waals surface area (Å²) in [4.78, 5) is 11.9. The molecule has 2 aromatic rings. The topological polar surface area (TPSA) is 90.9 Å². The summed E-state index contributed by atoms with van der Waals surface area (Å²) in [5.74, 6) is -0.760. The number of halogens is 3. The molecule has 0 aliphatic rings. The number of ether oxygens (including phenoxy) is 3. The van der Waals surface area contributed by atoms with Crippen LogP contribution in [-0.2, 0) is 26.0 Å². The van der Waals surface area contributed by atoms with Crippen LogP contribution in [-0.4, -0.2) is 40.5 Å². The fourth-order valence-electron chi connectivity index (χ4n) is 2.49. The molecule has 0 saturated heterocycles. The number of esters is 1. The van der Waals surface area contributed by atoms with Crippen molar-refractivity contribution in [1.82, 2.24) is 4.72 Å². The largest absolute Gasteiger partial charge is 0.573 e. The molecule has 11 heteroatoms. The van der Waals surface area contributed by atoms with Gasteiger partial charge in [-0.05, 0) is 55.3 Å². The number of carbonyl (C=O) groups is 1. The Labute approximate surface area is 171 Å². The highest BCUT2D eigenvalue weighted by Crippen LogP contribution is 2.24. The zero-order chi connectivity index (χ0) is 22.4. The number of rotatable bonds is 9. The second kappa shape index (κ2) is 9.81. The molecule has 0 radical (unpaired) electrons. The molecular weight excluding hydrogens is 427 g/mol. The third kappa shape index (κ3) is 6.92. The van der Waals surface area contributed by atoms with Gasteiger partial charge in [-0.1, -0.05) is 12.1 Å². The van der Waals surface area contributed by atoms with E-state index in [1.54, 1.807) is 31.2 Å². The zero-order valence-corrected chi connectivity index (χ0v) is 16.9. The molecule has 1 N–H and O–H groups in total. The van der Waals surface area contributed by atoms with Crippen LogP contribution >= 0.6 is 0 Å². The summed E-state index contributed by atoms with van der Waals surface area (Å²) >= 11 is 0. The van der Waals surface area contributed by atoms with Gasteiger partial charge in [-0.15, -0.1) is 13.2 Å². The molecule has 1 atom stereocenters. The van der Waals surface area contributed by atoms with Gasteiger partial charge in [-0.2, -0.15) is 4.72 Å². The molecule has 0 unspecified atom stereocenters. The maximum absolute atomic E-state index is 12.6. The summed E-state index contributed by atoms with van der Waals surface area (Å²) in [5, 5.41) is 0. The van der Waals surface area contributed by atoms with E-state index in [1.165, 1.54) is 7.11 Å². The van der Waals surface area contributed by atoms with Gasteiger partial charge in [0.1, 0.15) is 17.5 Å². The molecule has 0 aromatic heterocycles. The molecular formula is C19H20F3NO6S. The summed E-state index contributed by atoms with van der Waals surface area (Å²) in [6.45, 7) is 1.62. The SMILES string of the molecule is CCOC(=O)[C@H](Cc1ccc(OC)cc1)NS(=O)(=O)c1ccc(OC(F)(F)F)cc1. The molecule has 30 heavy (non-hydrogen) atoms. The van der Waals surface area contributed by atoms with Crippen molar-refractivity contribution in [3.8, 4) is 11.5 Å². The molecule has 0 aliphatic carbocycles. The Balaban J connectivity index is 2.20. The highest BCUT2D eigenvalue weighted by atomic mass is 32.2. The first-order chi connectivity index (χ1) is 14.0. The third-order valence-corrected chi connectivity index (χ3v) is 5.32. The Morgan fingerprint density at radius 2 is 1.60 bits per heavy atom. The first kappa shape index (κ1) is 23.5. The van der Waals surface area contributed by atoms with Crippen LogP contribution in [0, 0.1) is 0 Å². The second-order valence-corrected chi connectivity index (χ2v) is 7.71. The lowest BCUT2D eigenvalue weighted by molar-refractivity contribution is -0.274. The van der Waals surface area contributed by atoms with E-state index >= 15 is 0 Å². The second-order valence-electron chi connectivity index (χ2n) is 6.00. The highest BCUT2D eigenvalue weighted by molar-refractivity contribution is 7.89. The Morgan fingerprint density at radius 1 is 1.03 bits per heavy atom. The standard InChI is InChI=1S/C19H20F3NO6S/c1-3-28-18(24)17(12-13-4-6-14(27-2)7-5-13)23-30(25,26)16-10-8-15(9-11-16)29-19(20,21)22/h4-11,17,23H,3,12H2,1-2H3/t17-/m0/s1. The predicted octanol–water partition coefficient (Wildman–Crippen LogP) is 3.05. The van der Waals surface area contributed by atoms with Crippen molar-refractivity contribution >= 4 is 16.0 Å². The van der Waals surface area contributed by atoms with E-state index in [-0.39, 0.29) is 17.9 Å². The number of benzene rings is 2. The lowest BCUT2D eigenvalue weighted by Gasteiger charge is -2.18. The van der Waals surface area contributed by atoms with Crippen LogP contribution in [0.1, 0.15) is 12.5 Å². The average Bonchev–Trinajstić information content (AvgIpc) is 2.67. The third-order valence-electron chi connectivity index (χ3n) is 3.84. The minimum atomic E-state index is -4.90. The molecule has 0 amide bonds. The molecule has 2 aromatic carbocycles. The van der Waals surface area contributed by atoms with Gasteiger partial charge < -0.3 is 14.2 Å². The van der Waals surface area contributed by atoms with Crippen LogP contribution in [0.25, 0.3) is 0 Å². The van der Waals surface area contributed by atoms with Crippen LogP contribution in [0.2, 0.25) is 0 Å². The lowest BCUT2D eigenvalue weighted by atomic mass is 10.1. The van der Waals surface area contributed by atoms with E-state index in [4.69, 9.17) is 9.47 Å². The van der Waals surface area contributed by atoms with Crippen LogP contribution < -0.4 is 14.2 Å². The van der Waals surface area contributed by atoms with Gasteiger partial charge in [0.05, 0.1) is 18.6 Å². The normalized spacial score (nSPS) is 12.8. The average molecular weight is 447 g/mol. The van der Waals surface area contributed by atoms with Crippen molar-refractivity contribution in [1.29, 1.82) is 0 Å². The first-order valence-electron chi connectivity index (χ1n) is 8.72. The monoisotopic (exact) mass is 447 g/mol. The van der Waals surface area contributed by atoms with Crippen LogP contribution in [0.15, 0.2) is 53.4 Å². The number of sulfonamides is 1. The van der Waals surface area contributed by atoms with Gasteiger partial charge in [0.25, 0.3) is 0 Å². The van der Waals surface area contributed by atoms with Crippen LogP contribution in [0.3, 0.4) is 0 Å². The molecule has 0 spiro atoms. The molecule has 0 bridgehead atoms. The number of nitrogens with one attached hydrogen (secondary N) is 1. The van der Waals surface area contributed by atoms with E-state index in [9.17, 15) is 26.4 Å². The van der Waals surface area contributed by atoms with E-state index < -0.39 is 34.1 Å². The highest BCUT2D eigenvalue weighted by Gasteiger charge is 2.31. The minimum Gasteiger partial charge on any atom is -0.497 e. The maximum Gasteiger partial charge on any atom is 0.573 e. The van der Waals surface area contributed by atoms with E-state index in [2.05, 4.69) is 9.46 Å². The summed E-state index contributed by atoms with van der Waals surface area (Å²) in [5.41, 5.74) is 0.644. The number of methoxy groups -OCH3 is 1. The van der Waals surface area contributed by atoms with Gasteiger partial charge in [0, 0.05) is 0 Å². The minimum absolute atomic E-state index is 0.00265. The van der Waals surface area contributed by atoms with Crippen molar-refractivity contribution in [2.24, 2.45) is 0 Å². The van der Waals surface area contributed by atoms with Crippen molar-refractivity contribution in [3.63, 3.8) is 0 Å². The summed E-state index contributed by atoms with van der Waals surface area (Å²) in [6, 6.07) is 9.03. The van der Waals surface area contributed by atoms with Gasteiger partial charge in [0.15, 0.2) is 0 Å². The number of carbonyl (C=O) groups excluding carboxylic acids is 1. The van der Waals surface area contributed by atoms with Crippen LogP contribution in [0.5, 0.6) is 11.5 Å². The first-order valence-corrected chi connectivity index (χ1v) is 10.2. The molecule has 0 heterocycles.